The fourth-order valence-corrected chi connectivity index (χ4v) is 4.27. The molecule has 0 aromatic carbocycles. The van der Waals surface area contributed by atoms with Gasteiger partial charge < -0.3 is 14.9 Å². The fourth-order valence-electron chi connectivity index (χ4n) is 4.27. The fraction of sp³-hybridized carbons (Fsp3) is 0.885. The number of hydrogen-bond acceptors (Lipinski definition) is 4. The normalized spacial score (nSPS) is 18.4. The van der Waals surface area contributed by atoms with Crippen LogP contribution in [0.1, 0.15) is 129 Å². The highest BCUT2D eigenvalue weighted by atomic mass is 16.5. The number of carbonyl (C=O) groups excluding carboxylic acids is 1. The quantitative estimate of drug-likeness (QED) is 0.170. The summed E-state index contributed by atoms with van der Waals surface area (Å²) < 4.78 is 5.22. The molecule has 1 aliphatic rings. The molecule has 4 nitrogen and oxygen atoms in total. The molecule has 176 valence electrons. The van der Waals surface area contributed by atoms with Crippen LogP contribution in [0, 0.1) is 0 Å². The van der Waals surface area contributed by atoms with E-state index >= 15 is 0 Å². The van der Waals surface area contributed by atoms with Crippen molar-refractivity contribution < 1.29 is 19.7 Å². The van der Waals surface area contributed by atoms with Crippen LogP contribution in [0.4, 0.5) is 0 Å². The molecule has 0 spiro atoms. The van der Waals surface area contributed by atoms with Crippen LogP contribution in [0.25, 0.3) is 0 Å². The molecule has 0 unspecified atom stereocenters. The minimum absolute atomic E-state index is 0.0505. The number of ether oxygens (including phenoxy) is 1. The van der Waals surface area contributed by atoms with Gasteiger partial charge in [0.05, 0.1) is 12.2 Å². The summed E-state index contributed by atoms with van der Waals surface area (Å²) in [7, 11) is 0. The maximum absolute atomic E-state index is 11.2. The third-order valence-corrected chi connectivity index (χ3v) is 6.18. The number of aliphatic hydroxyl groups excluding tert-OH is 2. The van der Waals surface area contributed by atoms with E-state index in [1.807, 2.05) is 6.08 Å². The molecule has 1 aliphatic heterocycles. The summed E-state index contributed by atoms with van der Waals surface area (Å²) in [4.78, 5) is 11.2. The molecule has 0 aromatic heterocycles. The van der Waals surface area contributed by atoms with Crippen molar-refractivity contribution in [2.45, 2.75) is 147 Å². The van der Waals surface area contributed by atoms with Crippen molar-refractivity contribution in [3.05, 3.63) is 12.2 Å². The Labute approximate surface area is 185 Å². The minimum atomic E-state index is -0.461. The second-order valence-electron chi connectivity index (χ2n) is 9.20. The standard InChI is InChI=1S/C26H48O4/c1-2-3-4-5-6-7-8-9-10-11-12-13-14-17-23(27)22-24(28)18-15-19-25-20-16-21-26(29)30-25/h16,21,23-25,27-28H,2-15,17-20,22H2,1H3/t23-,24+,25-/m0/s1. The molecular weight excluding hydrogens is 376 g/mol. The molecular formula is C26H48O4. The van der Waals surface area contributed by atoms with Crippen LogP contribution < -0.4 is 0 Å². The van der Waals surface area contributed by atoms with Crippen LogP contribution in [0.5, 0.6) is 0 Å². The predicted molar refractivity (Wildman–Crippen MR) is 124 cm³/mol. The van der Waals surface area contributed by atoms with Crippen LogP contribution in [-0.2, 0) is 9.53 Å². The van der Waals surface area contributed by atoms with Crippen molar-refractivity contribution >= 4 is 5.97 Å². The lowest BCUT2D eigenvalue weighted by atomic mass is 9.99. The molecule has 30 heavy (non-hydrogen) atoms. The Kier molecular flexibility index (Phi) is 17.1. The van der Waals surface area contributed by atoms with Gasteiger partial charge in [0.15, 0.2) is 0 Å². The molecule has 0 amide bonds. The largest absolute Gasteiger partial charge is 0.459 e. The molecule has 3 atom stereocenters. The molecule has 1 heterocycles. The van der Waals surface area contributed by atoms with Crippen molar-refractivity contribution in [2.24, 2.45) is 0 Å². The number of cyclic esters (lactones) is 1. The lowest BCUT2D eigenvalue weighted by molar-refractivity contribution is -0.144. The summed E-state index contributed by atoms with van der Waals surface area (Å²) in [6.07, 6.45) is 24.0. The molecule has 4 heteroatoms. The van der Waals surface area contributed by atoms with Gasteiger partial charge in [0.2, 0.25) is 0 Å². The molecule has 2 N–H and O–H groups in total. The Morgan fingerprint density at radius 1 is 0.833 bits per heavy atom. The monoisotopic (exact) mass is 424 g/mol. The first-order valence-electron chi connectivity index (χ1n) is 12.8. The zero-order valence-corrected chi connectivity index (χ0v) is 19.5. The van der Waals surface area contributed by atoms with Crippen LogP contribution in [0.3, 0.4) is 0 Å². The number of carbonyl (C=O) groups is 1. The van der Waals surface area contributed by atoms with E-state index in [0.29, 0.717) is 12.8 Å². The van der Waals surface area contributed by atoms with Gasteiger partial charge in [-0.15, -0.1) is 0 Å². The van der Waals surface area contributed by atoms with Crippen molar-refractivity contribution in [1.82, 2.24) is 0 Å². The lowest BCUT2D eigenvalue weighted by Gasteiger charge is -2.20. The average Bonchev–Trinajstić information content (AvgIpc) is 2.71. The Bertz CT molecular complexity index is 435. The number of esters is 1. The number of hydrogen-bond donors (Lipinski definition) is 2. The van der Waals surface area contributed by atoms with Gasteiger partial charge in [-0.3, -0.25) is 0 Å². The molecule has 0 saturated heterocycles. The smallest absolute Gasteiger partial charge is 0.330 e. The topological polar surface area (TPSA) is 66.8 Å². The highest BCUT2D eigenvalue weighted by Gasteiger charge is 2.17. The van der Waals surface area contributed by atoms with Crippen LogP contribution in [-0.4, -0.2) is 34.5 Å². The summed E-state index contributed by atoms with van der Waals surface area (Å²) in [5.74, 6) is -0.264. The Morgan fingerprint density at radius 3 is 1.87 bits per heavy atom. The van der Waals surface area contributed by atoms with Crippen LogP contribution >= 0.6 is 0 Å². The van der Waals surface area contributed by atoms with Gasteiger partial charge in [-0.25, -0.2) is 4.79 Å². The van der Waals surface area contributed by atoms with Gasteiger partial charge in [0.25, 0.3) is 0 Å². The summed E-state index contributed by atoms with van der Waals surface area (Å²) in [5, 5.41) is 20.3. The second kappa shape index (κ2) is 18.9. The first-order chi connectivity index (χ1) is 14.6. The van der Waals surface area contributed by atoms with Gasteiger partial charge in [-0.1, -0.05) is 96.5 Å². The Hall–Kier alpha value is -0.870. The van der Waals surface area contributed by atoms with Crippen molar-refractivity contribution in [2.75, 3.05) is 0 Å². The highest BCUT2D eigenvalue weighted by molar-refractivity contribution is 5.82. The van der Waals surface area contributed by atoms with Crippen molar-refractivity contribution in [3.63, 3.8) is 0 Å². The minimum Gasteiger partial charge on any atom is -0.459 e. The Balaban J connectivity index is 1.84. The zero-order valence-electron chi connectivity index (χ0n) is 19.5. The van der Waals surface area contributed by atoms with Gasteiger partial charge in [0.1, 0.15) is 6.10 Å². The molecule has 1 rings (SSSR count). The van der Waals surface area contributed by atoms with Gasteiger partial charge in [-0.2, -0.15) is 0 Å². The summed E-state index contributed by atoms with van der Waals surface area (Å²) in [6, 6.07) is 0. The maximum Gasteiger partial charge on any atom is 0.330 e. The van der Waals surface area contributed by atoms with Gasteiger partial charge >= 0.3 is 5.97 Å². The SMILES string of the molecule is CCCCCCCCCCCCCCC[C@H](O)C[C@H](O)CCC[C@H]1CC=CC(=O)O1. The van der Waals surface area contributed by atoms with Crippen molar-refractivity contribution in [3.8, 4) is 0 Å². The molecule has 0 aliphatic carbocycles. The average molecular weight is 425 g/mol. The van der Waals surface area contributed by atoms with E-state index in [-0.39, 0.29) is 12.1 Å². The van der Waals surface area contributed by atoms with E-state index in [4.69, 9.17) is 4.74 Å². The lowest BCUT2D eigenvalue weighted by Crippen LogP contribution is -2.21. The van der Waals surface area contributed by atoms with Crippen LogP contribution in [0.15, 0.2) is 12.2 Å². The second-order valence-corrected chi connectivity index (χ2v) is 9.20. The summed E-state index contributed by atoms with van der Waals surface area (Å²) in [6.45, 7) is 2.27. The zero-order chi connectivity index (χ0) is 21.9. The maximum atomic E-state index is 11.2. The van der Waals surface area contributed by atoms with E-state index in [2.05, 4.69) is 6.92 Å². The van der Waals surface area contributed by atoms with Crippen LogP contribution in [0.2, 0.25) is 0 Å². The number of unbranched alkanes of at least 4 members (excludes halogenated alkanes) is 12. The van der Waals surface area contributed by atoms with E-state index in [9.17, 15) is 15.0 Å². The molecule has 0 radical (unpaired) electrons. The Morgan fingerprint density at radius 2 is 1.33 bits per heavy atom. The molecule has 0 bridgehead atoms. The van der Waals surface area contributed by atoms with E-state index in [0.717, 1.165) is 32.1 Å². The number of aliphatic hydroxyl groups is 2. The molecule has 0 fully saturated rings. The summed E-state index contributed by atoms with van der Waals surface area (Å²) in [5.41, 5.74) is 0. The number of rotatable bonds is 20. The highest BCUT2D eigenvalue weighted by Crippen LogP contribution is 2.18. The van der Waals surface area contributed by atoms with E-state index < -0.39 is 12.2 Å². The first-order valence-corrected chi connectivity index (χ1v) is 12.8. The first kappa shape index (κ1) is 27.2. The predicted octanol–water partition coefficient (Wildman–Crippen LogP) is 6.62. The van der Waals surface area contributed by atoms with Gasteiger partial charge in [-0.05, 0) is 32.1 Å². The van der Waals surface area contributed by atoms with Gasteiger partial charge in [0, 0.05) is 12.5 Å². The third kappa shape index (κ3) is 15.9. The summed E-state index contributed by atoms with van der Waals surface area (Å²) >= 11 is 0. The van der Waals surface area contributed by atoms with E-state index in [1.54, 1.807) is 0 Å². The molecule has 0 saturated carbocycles. The third-order valence-electron chi connectivity index (χ3n) is 6.18. The molecule has 0 aromatic rings. The van der Waals surface area contributed by atoms with E-state index in [1.165, 1.54) is 83.1 Å². The van der Waals surface area contributed by atoms with Crippen molar-refractivity contribution in [1.29, 1.82) is 0 Å².